The number of likely N-dealkylation sites (tertiary alicyclic amines) is 1. The topological polar surface area (TPSA) is 56.1 Å². The Hall–Kier alpha value is -1.86. The van der Waals surface area contributed by atoms with Gasteiger partial charge in [0.1, 0.15) is 0 Å². The lowest BCUT2D eigenvalue weighted by Crippen LogP contribution is -2.30. The van der Waals surface area contributed by atoms with Crippen LogP contribution < -0.4 is 5.32 Å². The Kier molecular flexibility index (Phi) is 6.23. The van der Waals surface area contributed by atoms with Crippen LogP contribution in [0.4, 0.5) is 5.69 Å². The Morgan fingerprint density at radius 2 is 1.71 bits per heavy atom. The lowest BCUT2D eigenvalue weighted by atomic mass is 10.1. The predicted octanol–water partition coefficient (Wildman–Crippen LogP) is 3.15. The number of carbonyl (C=O) groups excluding carboxylic acids is 1. The van der Waals surface area contributed by atoms with E-state index in [0.717, 1.165) is 25.3 Å². The maximum absolute atomic E-state index is 12.0. The van der Waals surface area contributed by atoms with Gasteiger partial charge in [-0.15, -0.1) is 0 Å². The zero-order valence-corrected chi connectivity index (χ0v) is 12.5. The van der Waals surface area contributed by atoms with Gasteiger partial charge in [0.25, 0.3) is 0 Å². The molecule has 1 amide bonds. The highest BCUT2D eigenvalue weighted by atomic mass is 16.1. The van der Waals surface area contributed by atoms with Crippen molar-refractivity contribution in [3.63, 3.8) is 0 Å². The minimum Gasteiger partial charge on any atom is -0.326 e. The molecule has 0 unspecified atom stereocenters. The molecule has 0 aromatic heterocycles. The molecule has 4 nitrogen and oxygen atoms in total. The molecule has 0 bridgehead atoms. The summed E-state index contributed by atoms with van der Waals surface area (Å²) in [5.74, 6) is 0.0433. The first-order valence-corrected chi connectivity index (χ1v) is 7.80. The number of hydrogen-bond donors (Lipinski definition) is 1. The molecule has 1 heterocycles. The molecule has 1 aromatic rings. The Labute approximate surface area is 126 Å². The summed E-state index contributed by atoms with van der Waals surface area (Å²) >= 11 is 0. The van der Waals surface area contributed by atoms with Crippen LogP contribution in [0, 0.1) is 11.3 Å². The first-order valence-electron chi connectivity index (χ1n) is 7.80. The van der Waals surface area contributed by atoms with Crippen LogP contribution in [-0.4, -0.2) is 30.4 Å². The lowest BCUT2D eigenvalue weighted by molar-refractivity contribution is -0.116. The molecule has 0 saturated carbocycles. The van der Waals surface area contributed by atoms with Gasteiger partial charge in [-0.25, -0.2) is 0 Å². The van der Waals surface area contributed by atoms with Crippen LogP contribution in [0.2, 0.25) is 0 Å². The third kappa shape index (κ3) is 5.57. The van der Waals surface area contributed by atoms with Gasteiger partial charge in [0, 0.05) is 18.7 Å². The monoisotopic (exact) mass is 285 g/mol. The first kappa shape index (κ1) is 15.5. The van der Waals surface area contributed by atoms with E-state index in [9.17, 15) is 4.79 Å². The number of hydrogen-bond acceptors (Lipinski definition) is 3. The van der Waals surface area contributed by atoms with Gasteiger partial charge in [-0.3, -0.25) is 4.79 Å². The molecule has 4 heteroatoms. The van der Waals surface area contributed by atoms with Crippen molar-refractivity contribution in [2.24, 2.45) is 0 Å². The summed E-state index contributed by atoms with van der Waals surface area (Å²) in [6.45, 7) is 3.07. The Morgan fingerprint density at radius 1 is 1.10 bits per heavy atom. The second-order valence-corrected chi connectivity index (χ2v) is 5.60. The molecular formula is C17H23N3O. The highest BCUT2D eigenvalue weighted by Crippen LogP contribution is 2.12. The van der Waals surface area contributed by atoms with E-state index in [1.165, 1.54) is 32.1 Å². The quantitative estimate of drug-likeness (QED) is 0.924. The van der Waals surface area contributed by atoms with Crippen molar-refractivity contribution in [3.8, 4) is 6.07 Å². The summed E-state index contributed by atoms with van der Waals surface area (Å²) in [7, 11) is 0. The fourth-order valence-electron chi connectivity index (χ4n) is 2.65. The molecule has 0 radical (unpaired) electrons. The number of carbonyl (C=O) groups is 1. The molecule has 1 aromatic carbocycles. The standard InChI is InChI=1S/C17H23N3O/c18-14-15-6-8-16(9-7-15)19-17(21)10-13-20-11-4-2-1-3-5-12-20/h6-9H,1-5,10-13H2,(H,19,21). The molecule has 1 fully saturated rings. The molecule has 1 aliphatic heterocycles. The molecule has 2 rings (SSSR count). The van der Waals surface area contributed by atoms with Crippen molar-refractivity contribution in [1.82, 2.24) is 4.90 Å². The van der Waals surface area contributed by atoms with Gasteiger partial charge in [-0.2, -0.15) is 5.26 Å². The van der Waals surface area contributed by atoms with Gasteiger partial charge in [-0.05, 0) is 50.2 Å². The maximum Gasteiger partial charge on any atom is 0.225 e. The first-order chi connectivity index (χ1) is 10.3. The van der Waals surface area contributed by atoms with Gasteiger partial charge in [0.05, 0.1) is 11.6 Å². The maximum atomic E-state index is 12.0. The lowest BCUT2D eigenvalue weighted by Gasteiger charge is -2.24. The number of nitrogens with zero attached hydrogens (tertiary/aromatic N) is 2. The van der Waals surface area contributed by atoms with E-state index < -0.39 is 0 Å². The zero-order valence-electron chi connectivity index (χ0n) is 12.5. The smallest absolute Gasteiger partial charge is 0.225 e. The van der Waals surface area contributed by atoms with Crippen LogP contribution in [0.25, 0.3) is 0 Å². The van der Waals surface area contributed by atoms with Gasteiger partial charge < -0.3 is 10.2 Å². The van der Waals surface area contributed by atoms with Crippen molar-refractivity contribution in [3.05, 3.63) is 29.8 Å². The number of nitriles is 1. The number of amides is 1. The van der Waals surface area contributed by atoms with Gasteiger partial charge >= 0.3 is 0 Å². The van der Waals surface area contributed by atoms with Crippen LogP contribution in [0.15, 0.2) is 24.3 Å². The summed E-state index contributed by atoms with van der Waals surface area (Å²) in [4.78, 5) is 14.4. The van der Waals surface area contributed by atoms with E-state index >= 15 is 0 Å². The normalized spacial score (nSPS) is 16.5. The van der Waals surface area contributed by atoms with E-state index in [1.54, 1.807) is 24.3 Å². The van der Waals surface area contributed by atoms with Gasteiger partial charge in [0.2, 0.25) is 5.91 Å². The van der Waals surface area contributed by atoms with Crippen LogP contribution in [0.5, 0.6) is 0 Å². The average molecular weight is 285 g/mol. The molecule has 1 saturated heterocycles. The molecule has 112 valence electrons. The molecule has 0 atom stereocenters. The van der Waals surface area contributed by atoms with E-state index in [-0.39, 0.29) is 5.91 Å². The van der Waals surface area contributed by atoms with Crippen LogP contribution in [0.3, 0.4) is 0 Å². The molecule has 1 N–H and O–H groups in total. The van der Waals surface area contributed by atoms with E-state index in [0.29, 0.717) is 12.0 Å². The third-order valence-corrected chi connectivity index (χ3v) is 3.90. The predicted molar refractivity (Wildman–Crippen MR) is 83.9 cm³/mol. The number of benzene rings is 1. The Morgan fingerprint density at radius 3 is 2.33 bits per heavy atom. The largest absolute Gasteiger partial charge is 0.326 e. The van der Waals surface area contributed by atoms with E-state index in [1.807, 2.05) is 0 Å². The number of nitrogens with one attached hydrogen (secondary N) is 1. The highest BCUT2D eigenvalue weighted by molar-refractivity contribution is 5.90. The van der Waals surface area contributed by atoms with Crippen LogP contribution >= 0.6 is 0 Å². The molecular weight excluding hydrogens is 262 g/mol. The SMILES string of the molecule is N#Cc1ccc(NC(=O)CCN2CCCCCCC2)cc1. The minimum atomic E-state index is 0.0433. The second-order valence-electron chi connectivity index (χ2n) is 5.60. The van der Waals surface area contributed by atoms with Crippen molar-refractivity contribution >= 4 is 11.6 Å². The van der Waals surface area contributed by atoms with Crippen molar-refractivity contribution in [2.75, 3.05) is 25.0 Å². The summed E-state index contributed by atoms with van der Waals surface area (Å²) in [5.41, 5.74) is 1.36. The molecule has 0 aliphatic carbocycles. The zero-order chi connectivity index (χ0) is 14.9. The summed E-state index contributed by atoms with van der Waals surface area (Å²) in [6, 6.07) is 9.04. The average Bonchev–Trinajstić information content (AvgIpc) is 2.47. The van der Waals surface area contributed by atoms with E-state index in [2.05, 4.69) is 16.3 Å². The van der Waals surface area contributed by atoms with Crippen molar-refractivity contribution in [2.45, 2.75) is 38.5 Å². The summed E-state index contributed by atoms with van der Waals surface area (Å²) in [5, 5.41) is 11.6. The summed E-state index contributed by atoms with van der Waals surface area (Å²) in [6.07, 6.45) is 7.00. The molecule has 0 spiro atoms. The molecule has 1 aliphatic rings. The summed E-state index contributed by atoms with van der Waals surface area (Å²) < 4.78 is 0. The Bertz CT molecular complexity index is 482. The number of rotatable bonds is 4. The Balaban J connectivity index is 1.74. The highest BCUT2D eigenvalue weighted by Gasteiger charge is 2.10. The van der Waals surface area contributed by atoms with Crippen molar-refractivity contribution in [1.29, 1.82) is 5.26 Å². The third-order valence-electron chi connectivity index (χ3n) is 3.90. The van der Waals surface area contributed by atoms with Gasteiger partial charge in [0.15, 0.2) is 0 Å². The minimum absolute atomic E-state index is 0.0433. The fourth-order valence-corrected chi connectivity index (χ4v) is 2.65. The fraction of sp³-hybridized carbons (Fsp3) is 0.529. The van der Waals surface area contributed by atoms with Crippen LogP contribution in [0.1, 0.15) is 44.1 Å². The van der Waals surface area contributed by atoms with Crippen LogP contribution in [-0.2, 0) is 4.79 Å². The molecule has 21 heavy (non-hydrogen) atoms. The van der Waals surface area contributed by atoms with E-state index in [4.69, 9.17) is 5.26 Å². The van der Waals surface area contributed by atoms with Crippen molar-refractivity contribution < 1.29 is 4.79 Å². The number of anilines is 1. The van der Waals surface area contributed by atoms with Gasteiger partial charge in [-0.1, -0.05) is 19.3 Å². The second kappa shape index (κ2) is 8.43.